The van der Waals surface area contributed by atoms with Gasteiger partial charge in [0.05, 0.1) is 0 Å². The van der Waals surface area contributed by atoms with Crippen LogP contribution in [0.2, 0.25) is 0 Å². The molecule has 0 aliphatic carbocycles. The molecule has 0 amide bonds. The third-order valence-electron chi connectivity index (χ3n) is 3.23. The zero-order chi connectivity index (χ0) is 12.4. The molecule has 0 bridgehead atoms. The van der Waals surface area contributed by atoms with E-state index in [0.717, 1.165) is 6.54 Å². The summed E-state index contributed by atoms with van der Waals surface area (Å²) < 4.78 is 0. The molecule has 0 saturated carbocycles. The summed E-state index contributed by atoms with van der Waals surface area (Å²) in [6.07, 6.45) is 0. The smallest absolute Gasteiger partial charge is 0.0464 e. The molecular formula is C15H20N2. The highest BCUT2D eigenvalue weighted by atomic mass is 15.1. The van der Waals surface area contributed by atoms with Crippen molar-refractivity contribution in [3.05, 3.63) is 36.4 Å². The van der Waals surface area contributed by atoms with Gasteiger partial charge in [-0.3, -0.25) is 0 Å². The minimum Gasteiger partial charge on any atom is -0.377 e. The fourth-order valence-electron chi connectivity index (χ4n) is 2.16. The van der Waals surface area contributed by atoms with Crippen LogP contribution in [0, 0.1) is 0 Å². The molecule has 0 heterocycles. The molecule has 0 spiro atoms. The van der Waals surface area contributed by atoms with Crippen LogP contribution in [-0.4, -0.2) is 27.7 Å². The molecule has 0 atom stereocenters. The van der Waals surface area contributed by atoms with E-state index in [9.17, 15) is 0 Å². The average molecular weight is 228 g/mol. The predicted molar refractivity (Wildman–Crippen MR) is 77.2 cm³/mol. The van der Waals surface area contributed by atoms with Crippen molar-refractivity contribution in [1.82, 2.24) is 0 Å². The van der Waals surface area contributed by atoms with Crippen LogP contribution in [0.3, 0.4) is 0 Å². The molecular weight excluding hydrogens is 208 g/mol. The number of fused-ring (bicyclic) bond motifs is 1. The highest BCUT2D eigenvalue weighted by Gasteiger charge is 2.09. The number of anilines is 2. The lowest BCUT2D eigenvalue weighted by molar-refractivity contribution is 0.973. The second-order valence-electron chi connectivity index (χ2n) is 4.56. The quantitative estimate of drug-likeness (QED) is 0.794. The van der Waals surface area contributed by atoms with Gasteiger partial charge >= 0.3 is 0 Å². The lowest BCUT2D eigenvalue weighted by atomic mass is 10.1. The number of nitrogens with zero attached hydrogens (tertiary/aromatic N) is 2. The molecule has 0 fully saturated rings. The maximum Gasteiger partial charge on any atom is 0.0464 e. The predicted octanol–water partition coefficient (Wildman–Crippen LogP) is 3.36. The van der Waals surface area contributed by atoms with Crippen LogP contribution in [0.15, 0.2) is 36.4 Å². The van der Waals surface area contributed by atoms with E-state index < -0.39 is 0 Å². The highest BCUT2D eigenvalue weighted by molar-refractivity contribution is 6.03. The summed E-state index contributed by atoms with van der Waals surface area (Å²) in [6, 6.07) is 13.0. The Kier molecular flexibility index (Phi) is 3.23. The Bertz CT molecular complexity index is 512. The van der Waals surface area contributed by atoms with E-state index in [4.69, 9.17) is 0 Å². The van der Waals surface area contributed by atoms with Gasteiger partial charge in [-0.15, -0.1) is 0 Å². The summed E-state index contributed by atoms with van der Waals surface area (Å²) >= 11 is 0. The van der Waals surface area contributed by atoms with Crippen LogP contribution < -0.4 is 9.80 Å². The molecule has 0 aliphatic heterocycles. The Morgan fingerprint density at radius 2 is 1.47 bits per heavy atom. The Hall–Kier alpha value is -1.70. The zero-order valence-corrected chi connectivity index (χ0v) is 11.1. The molecule has 2 rings (SSSR count). The number of rotatable bonds is 3. The van der Waals surface area contributed by atoms with Gasteiger partial charge in [0.15, 0.2) is 0 Å². The first-order valence-electron chi connectivity index (χ1n) is 6.05. The lowest BCUT2D eigenvalue weighted by Crippen LogP contribution is -2.17. The van der Waals surface area contributed by atoms with Crippen molar-refractivity contribution in [1.29, 1.82) is 0 Å². The summed E-state index contributed by atoms with van der Waals surface area (Å²) in [5.41, 5.74) is 2.58. The van der Waals surface area contributed by atoms with Gasteiger partial charge in [-0.1, -0.05) is 24.3 Å². The summed E-state index contributed by atoms with van der Waals surface area (Å²) in [5, 5.41) is 2.64. The van der Waals surface area contributed by atoms with E-state index in [0.29, 0.717) is 0 Å². The maximum atomic E-state index is 2.29. The molecule has 0 N–H and O–H groups in total. The second-order valence-corrected chi connectivity index (χ2v) is 4.56. The number of hydrogen-bond donors (Lipinski definition) is 0. The molecule has 0 radical (unpaired) electrons. The maximum absolute atomic E-state index is 2.29. The van der Waals surface area contributed by atoms with Gasteiger partial charge < -0.3 is 9.80 Å². The summed E-state index contributed by atoms with van der Waals surface area (Å²) in [6.45, 7) is 3.19. The van der Waals surface area contributed by atoms with Crippen LogP contribution in [0.25, 0.3) is 10.8 Å². The third-order valence-corrected chi connectivity index (χ3v) is 3.23. The van der Waals surface area contributed by atoms with Gasteiger partial charge in [0.25, 0.3) is 0 Å². The molecule has 2 aromatic rings. The van der Waals surface area contributed by atoms with Gasteiger partial charge in [0.2, 0.25) is 0 Å². The van der Waals surface area contributed by atoms with Gasteiger partial charge in [-0.2, -0.15) is 0 Å². The van der Waals surface area contributed by atoms with Gasteiger partial charge in [-0.05, 0) is 24.4 Å². The molecule has 2 nitrogen and oxygen atoms in total. The first kappa shape index (κ1) is 11.8. The van der Waals surface area contributed by atoms with E-state index in [1.54, 1.807) is 0 Å². The molecule has 90 valence electrons. The standard InChI is InChI=1S/C15H20N2/c1-5-17(4)14-11-7-9-12-8-6-10-13(15(12)14)16(2)3/h6-11H,5H2,1-4H3. The van der Waals surface area contributed by atoms with Crippen LogP contribution >= 0.6 is 0 Å². The molecule has 0 aliphatic rings. The first-order chi connectivity index (χ1) is 8.15. The lowest BCUT2D eigenvalue weighted by Gasteiger charge is -2.23. The summed E-state index contributed by atoms with van der Waals surface area (Å²) in [5.74, 6) is 0. The van der Waals surface area contributed by atoms with Crippen molar-refractivity contribution in [3.63, 3.8) is 0 Å². The van der Waals surface area contributed by atoms with Crippen molar-refractivity contribution in [3.8, 4) is 0 Å². The van der Waals surface area contributed by atoms with E-state index in [1.165, 1.54) is 22.1 Å². The van der Waals surface area contributed by atoms with Crippen LogP contribution in [0.5, 0.6) is 0 Å². The van der Waals surface area contributed by atoms with E-state index >= 15 is 0 Å². The Morgan fingerprint density at radius 3 is 2.00 bits per heavy atom. The highest BCUT2D eigenvalue weighted by Crippen LogP contribution is 2.33. The number of hydrogen-bond acceptors (Lipinski definition) is 2. The Morgan fingerprint density at radius 1 is 0.882 bits per heavy atom. The average Bonchev–Trinajstić information content (AvgIpc) is 2.36. The van der Waals surface area contributed by atoms with Gasteiger partial charge in [-0.25, -0.2) is 0 Å². The fourth-order valence-corrected chi connectivity index (χ4v) is 2.16. The largest absolute Gasteiger partial charge is 0.377 e. The van der Waals surface area contributed by atoms with Crippen LogP contribution in [0.4, 0.5) is 11.4 Å². The van der Waals surface area contributed by atoms with Crippen molar-refractivity contribution >= 4 is 22.1 Å². The minimum absolute atomic E-state index is 1.01. The monoisotopic (exact) mass is 228 g/mol. The third kappa shape index (κ3) is 2.07. The molecule has 0 aromatic heterocycles. The second kappa shape index (κ2) is 4.66. The fraction of sp³-hybridized carbons (Fsp3) is 0.333. The van der Waals surface area contributed by atoms with E-state index in [1.807, 2.05) is 0 Å². The van der Waals surface area contributed by atoms with Crippen molar-refractivity contribution in [2.24, 2.45) is 0 Å². The molecule has 2 heteroatoms. The van der Waals surface area contributed by atoms with E-state index in [2.05, 4.69) is 74.3 Å². The number of benzene rings is 2. The molecule has 17 heavy (non-hydrogen) atoms. The van der Waals surface area contributed by atoms with Gasteiger partial charge in [0, 0.05) is 44.4 Å². The Labute approximate surface area is 103 Å². The topological polar surface area (TPSA) is 6.48 Å². The minimum atomic E-state index is 1.01. The summed E-state index contributed by atoms with van der Waals surface area (Å²) in [4.78, 5) is 4.46. The van der Waals surface area contributed by atoms with Crippen molar-refractivity contribution < 1.29 is 0 Å². The van der Waals surface area contributed by atoms with Crippen molar-refractivity contribution in [2.45, 2.75) is 6.92 Å². The van der Waals surface area contributed by atoms with E-state index in [-0.39, 0.29) is 0 Å². The zero-order valence-electron chi connectivity index (χ0n) is 11.1. The van der Waals surface area contributed by atoms with Crippen LogP contribution in [0.1, 0.15) is 6.92 Å². The summed E-state index contributed by atoms with van der Waals surface area (Å²) in [7, 11) is 6.33. The van der Waals surface area contributed by atoms with Crippen molar-refractivity contribution in [2.75, 3.05) is 37.5 Å². The van der Waals surface area contributed by atoms with Crippen LogP contribution in [-0.2, 0) is 0 Å². The first-order valence-corrected chi connectivity index (χ1v) is 6.05. The molecule has 0 saturated heterocycles. The molecule has 0 unspecified atom stereocenters. The van der Waals surface area contributed by atoms with Gasteiger partial charge in [0.1, 0.15) is 0 Å². The SMILES string of the molecule is CCN(C)c1cccc2cccc(N(C)C)c12. The normalized spacial score (nSPS) is 10.6. The Balaban J connectivity index is 2.75. The molecule has 2 aromatic carbocycles.